The van der Waals surface area contributed by atoms with Crippen molar-refractivity contribution in [3.63, 3.8) is 0 Å². The molecule has 0 unspecified atom stereocenters. The maximum absolute atomic E-state index is 11.9. The lowest BCUT2D eigenvalue weighted by molar-refractivity contribution is 0.0694. The van der Waals surface area contributed by atoms with E-state index in [9.17, 15) is 14.4 Å². The lowest BCUT2D eigenvalue weighted by Crippen LogP contribution is -2.38. The number of aromatic carboxylic acids is 1. The topological polar surface area (TPSA) is 103 Å². The van der Waals surface area contributed by atoms with Crippen molar-refractivity contribution in [2.24, 2.45) is 14.1 Å². The SMILES string of the molecule is Cn1nc(Oc2cc(Cl)ccc2C(=O)O)c(=O)n(C)c1=O. The van der Waals surface area contributed by atoms with E-state index in [0.29, 0.717) is 0 Å². The van der Waals surface area contributed by atoms with Crippen molar-refractivity contribution in [2.45, 2.75) is 0 Å². The molecule has 1 aromatic heterocycles. The summed E-state index contributed by atoms with van der Waals surface area (Å²) in [5, 5.41) is 13.0. The van der Waals surface area contributed by atoms with Crippen molar-refractivity contribution >= 4 is 17.6 Å². The van der Waals surface area contributed by atoms with E-state index >= 15 is 0 Å². The summed E-state index contributed by atoms with van der Waals surface area (Å²) in [6.07, 6.45) is 0. The van der Waals surface area contributed by atoms with Gasteiger partial charge in [-0.1, -0.05) is 11.6 Å². The Morgan fingerprint density at radius 2 is 2.00 bits per heavy atom. The summed E-state index contributed by atoms with van der Waals surface area (Å²) >= 11 is 5.78. The van der Waals surface area contributed by atoms with Gasteiger partial charge in [0.2, 0.25) is 0 Å². The molecule has 0 amide bonds. The molecule has 0 saturated carbocycles. The van der Waals surface area contributed by atoms with E-state index in [2.05, 4.69) is 5.10 Å². The predicted molar refractivity (Wildman–Crippen MR) is 73.2 cm³/mol. The molecule has 1 aromatic carbocycles. The molecule has 0 fully saturated rings. The zero-order valence-corrected chi connectivity index (χ0v) is 11.8. The number of nitrogens with zero attached hydrogens (tertiary/aromatic N) is 3. The second kappa shape index (κ2) is 5.41. The molecule has 110 valence electrons. The third kappa shape index (κ3) is 2.79. The number of hydrogen-bond acceptors (Lipinski definition) is 5. The number of hydrogen-bond donors (Lipinski definition) is 1. The van der Waals surface area contributed by atoms with Crippen LogP contribution in [0, 0.1) is 0 Å². The van der Waals surface area contributed by atoms with Crippen molar-refractivity contribution in [3.05, 3.63) is 49.6 Å². The molecular formula is C12H10ClN3O5. The fourth-order valence-electron chi connectivity index (χ4n) is 1.59. The number of carbonyl (C=O) groups is 1. The van der Waals surface area contributed by atoms with Gasteiger partial charge in [-0.2, -0.15) is 0 Å². The molecule has 0 aliphatic carbocycles. The zero-order valence-electron chi connectivity index (χ0n) is 11.0. The summed E-state index contributed by atoms with van der Waals surface area (Å²) in [7, 11) is 2.60. The van der Waals surface area contributed by atoms with Gasteiger partial charge in [-0.15, -0.1) is 5.10 Å². The van der Waals surface area contributed by atoms with E-state index in [0.717, 1.165) is 9.25 Å². The van der Waals surface area contributed by atoms with E-state index in [-0.39, 0.29) is 16.3 Å². The number of carboxylic acids is 1. The van der Waals surface area contributed by atoms with Crippen molar-refractivity contribution in [1.82, 2.24) is 14.3 Å². The van der Waals surface area contributed by atoms with Gasteiger partial charge in [0.15, 0.2) is 0 Å². The Labute approximate surface area is 122 Å². The number of aromatic nitrogens is 3. The van der Waals surface area contributed by atoms with Crippen LogP contribution in [0.4, 0.5) is 0 Å². The monoisotopic (exact) mass is 311 g/mol. The van der Waals surface area contributed by atoms with Crippen LogP contribution in [-0.2, 0) is 14.1 Å². The average Bonchev–Trinajstić information content (AvgIpc) is 2.42. The summed E-state index contributed by atoms with van der Waals surface area (Å²) in [5.41, 5.74) is -1.59. The Kier molecular flexibility index (Phi) is 3.81. The van der Waals surface area contributed by atoms with Crippen molar-refractivity contribution in [2.75, 3.05) is 0 Å². The molecule has 0 radical (unpaired) electrons. The van der Waals surface area contributed by atoms with Crippen LogP contribution >= 0.6 is 11.6 Å². The number of benzene rings is 1. The number of halogens is 1. The van der Waals surface area contributed by atoms with E-state index < -0.39 is 23.1 Å². The second-order valence-corrected chi connectivity index (χ2v) is 4.56. The van der Waals surface area contributed by atoms with Gasteiger partial charge in [-0.3, -0.25) is 9.36 Å². The normalized spacial score (nSPS) is 10.4. The average molecular weight is 312 g/mol. The van der Waals surface area contributed by atoms with E-state index in [1.807, 2.05) is 0 Å². The summed E-state index contributed by atoms with van der Waals surface area (Å²) < 4.78 is 6.93. The van der Waals surface area contributed by atoms with Crippen LogP contribution in [0.3, 0.4) is 0 Å². The van der Waals surface area contributed by atoms with Crippen LogP contribution in [0.25, 0.3) is 0 Å². The van der Waals surface area contributed by atoms with E-state index in [1.54, 1.807) is 0 Å². The molecule has 2 aromatic rings. The van der Waals surface area contributed by atoms with Crippen molar-refractivity contribution < 1.29 is 14.6 Å². The van der Waals surface area contributed by atoms with Gasteiger partial charge in [0, 0.05) is 25.2 Å². The van der Waals surface area contributed by atoms with Gasteiger partial charge in [0.1, 0.15) is 11.3 Å². The zero-order chi connectivity index (χ0) is 15.7. The fraction of sp³-hybridized carbons (Fsp3) is 0.167. The van der Waals surface area contributed by atoms with Crippen molar-refractivity contribution in [1.29, 1.82) is 0 Å². The number of rotatable bonds is 3. The van der Waals surface area contributed by atoms with Crippen LogP contribution in [0.5, 0.6) is 11.6 Å². The standard InChI is InChI=1S/C12H10ClN3O5/c1-15-10(17)9(14-16(2)12(15)20)21-8-5-6(13)3-4-7(8)11(18)19/h3-5H,1-2H3,(H,18,19). The molecular weight excluding hydrogens is 302 g/mol. The number of carboxylic acid groups (broad SMARTS) is 1. The molecule has 0 spiro atoms. The Balaban J connectivity index is 2.58. The highest BCUT2D eigenvalue weighted by Gasteiger charge is 2.16. The first-order valence-corrected chi connectivity index (χ1v) is 6.04. The molecule has 0 aliphatic rings. The molecule has 0 atom stereocenters. The van der Waals surface area contributed by atoms with Gasteiger partial charge < -0.3 is 9.84 Å². The lowest BCUT2D eigenvalue weighted by Gasteiger charge is -2.09. The minimum absolute atomic E-state index is 0.141. The Morgan fingerprint density at radius 3 is 2.62 bits per heavy atom. The Bertz CT molecular complexity index is 840. The summed E-state index contributed by atoms with van der Waals surface area (Å²) in [5.74, 6) is -1.81. The molecule has 1 N–H and O–H groups in total. The van der Waals surface area contributed by atoms with E-state index in [4.69, 9.17) is 21.4 Å². The van der Waals surface area contributed by atoms with Gasteiger partial charge >= 0.3 is 23.1 Å². The first-order chi connectivity index (χ1) is 9.81. The highest BCUT2D eigenvalue weighted by atomic mass is 35.5. The fourth-order valence-corrected chi connectivity index (χ4v) is 1.76. The van der Waals surface area contributed by atoms with Gasteiger partial charge in [0.25, 0.3) is 0 Å². The largest absolute Gasteiger partial charge is 0.478 e. The van der Waals surface area contributed by atoms with Crippen LogP contribution in [-0.4, -0.2) is 25.4 Å². The van der Waals surface area contributed by atoms with Crippen molar-refractivity contribution in [3.8, 4) is 11.6 Å². The smallest absolute Gasteiger partial charge is 0.347 e. The van der Waals surface area contributed by atoms with Gasteiger partial charge in [-0.25, -0.2) is 14.3 Å². The van der Waals surface area contributed by atoms with Gasteiger partial charge in [0.05, 0.1) is 0 Å². The third-order valence-electron chi connectivity index (χ3n) is 2.67. The van der Waals surface area contributed by atoms with Crippen LogP contribution < -0.4 is 16.0 Å². The highest BCUT2D eigenvalue weighted by Crippen LogP contribution is 2.26. The molecule has 2 rings (SSSR count). The quantitative estimate of drug-likeness (QED) is 0.891. The highest BCUT2D eigenvalue weighted by molar-refractivity contribution is 6.30. The van der Waals surface area contributed by atoms with Crippen LogP contribution in [0.2, 0.25) is 5.02 Å². The Hall–Kier alpha value is -2.61. The predicted octanol–water partition coefficient (Wildman–Crippen LogP) is 0.623. The molecule has 21 heavy (non-hydrogen) atoms. The molecule has 0 saturated heterocycles. The molecule has 1 heterocycles. The molecule has 0 bridgehead atoms. The minimum atomic E-state index is -1.25. The number of aryl methyl sites for hydroxylation is 1. The van der Waals surface area contributed by atoms with Crippen LogP contribution in [0.15, 0.2) is 27.8 Å². The van der Waals surface area contributed by atoms with Crippen LogP contribution in [0.1, 0.15) is 10.4 Å². The molecule has 9 heteroatoms. The number of ether oxygens (including phenoxy) is 1. The first kappa shape index (κ1) is 14.8. The maximum atomic E-state index is 11.9. The maximum Gasteiger partial charge on any atom is 0.347 e. The third-order valence-corrected chi connectivity index (χ3v) is 2.91. The lowest BCUT2D eigenvalue weighted by atomic mass is 10.2. The molecule has 0 aliphatic heterocycles. The first-order valence-electron chi connectivity index (χ1n) is 5.66. The van der Waals surface area contributed by atoms with E-state index in [1.165, 1.54) is 32.3 Å². The summed E-state index contributed by atoms with van der Waals surface area (Å²) in [6.45, 7) is 0. The van der Waals surface area contributed by atoms with Gasteiger partial charge in [-0.05, 0) is 12.1 Å². The molecule has 8 nitrogen and oxygen atoms in total. The summed E-state index contributed by atoms with van der Waals surface area (Å²) in [6, 6.07) is 3.87. The summed E-state index contributed by atoms with van der Waals surface area (Å²) in [4.78, 5) is 34.5. The minimum Gasteiger partial charge on any atom is -0.478 e. The second-order valence-electron chi connectivity index (χ2n) is 4.12. The Morgan fingerprint density at radius 1 is 1.33 bits per heavy atom.